The van der Waals surface area contributed by atoms with Crippen LogP contribution in [0.5, 0.6) is 0 Å². The summed E-state index contributed by atoms with van der Waals surface area (Å²) < 4.78 is 0. The summed E-state index contributed by atoms with van der Waals surface area (Å²) in [6.07, 6.45) is 2.31. The van der Waals surface area contributed by atoms with Gasteiger partial charge in [0.1, 0.15) is 0 Å². The molecule has 0 bridgehead atoms. The highest BCUT2D eigenvalue weighted by Gasteiger charge is 1.96. The van der Waals surface area contributed by atoms with E-state index in [9.17, 15) is 4.79 Å². The van der Waals surface area contributed by atoms with Gasteiger partial charge in [-0.05, 0) is 19.9 Å². The van der Waals surface area contributed by atoms with E-state index in [2.05, 4.69) is 5.32 Å². The van der Waals surface area contributed by atoms with E-state index >= 15 is 0 Å². The number of nitrogens with one attached hydrogen (secondary N) is 1. The smallest absolute Gasteiger partial charge is 0.330 e. The third-order valence-corrected chi connectivity index (χ3v) is 1.40. The molecule has 0 rings (SSSR count). The number of carboxylic acid groups (broad SMARTS) is 1. The van der Waals surface area contributed by atoms with Crippen molar-refractivity contribution in [1.82, 2.24) is 5.32 Å². The normalized spacial score (nSPS) is 11.7. The van der Waals surface area contributed by atoms with Crippen LogP contribution in [0.3, 0.4) is 0 Å². The Morgan fingerprint density at radius 1 is 1.58 bits per heavy atom. The average molecular weight is 173 g/mol. The summed E-state index contributed by atoms with van der Waals surface area (Å²) in [5, 5.41) is 19.8. The van der Waals surface area contributed by atoms with Crippen molar-refractivity contribution < 1.29 is 15.0 Å². The minimum Gasteiger partial charge on any atom is -0.478 e. The molecule has 0 aromatic heterocycles. The van der Waals surface area contributed by atoms with Crippen molar-refractivity contribution in [3.8, 4) is 0 Å². The number of aliphatic hydroxyl groups excluding tert-OH is 1. The van der Waals surface area contributed by atoms with Crippen LogP contribution in [0.4, 0.5) is 0 Å². The van der Waals surface area contributed by atoms with Crippen molar-refractivity contribution in [1.29, 1.82) is 0 Å². The predicted octanol–water partition coefficient (Wildman–Crippen LogP) is -0.0107. The lowest BCUT2D eigenvalue weighted by Crippen LogP contribution is -2.16. The van der Waals surface area contributed by atoms with Gasteiger partial charge in [0.25, 0.3) is 0 Å². The average Bonchev–Trinajstić information content (AvgIpc) is 2.03. The molecular formula is C8H15NO3. The Bertz CT molecular complexity index is 166. The van der Waals surface area contributed by atoms with Gasteiger partial charge in [0, 0.05) is 18.7 Å². The Morgan fingerprint density at radius 2 is 2.25 bits per heavy atom. The Hall–Kier alpha value is -0.870. The van der Waals surface area contributed by atoms with Crippen molar-refractivity contribution in [3.05, 3.63) is 11.6 Å². The standard InChI is InChI=1S/C8H15NO3/c1-7(8(11)12)3-5-9-4-2-6-10/h3,9-10H,2,4-6H2,1H3,(H,11,12). The van der Waals surface area contributed by atoms with Gasteiger partial charge >= 0.3 is 5.97 Å². The number of rotatable bonds is 6. The summed E-state index contributed by atoms with van der Waals surface area (Å²) >= 11 is 0. The summed E-state index contributed by atoms with van der Waals surface area (Å²) in [6.45, 7) is 2.96. The molecule has 0 aliphatic carbocycles. The molecule has 4 heteroatoms. The Labute approximate surface area is 71.9 Å². The van der Waals surface area contributed by atoms with E-state index in [4.69, 9.17) is 10.2 Å². The molecule has 0 radical (unpaired) electrons. The van der Waals surface area contributed by atoms with Gasteiger partial charge in [-0.25, -0.2) is 4.79 Å². The van der Waals surface area contributed by atoms with Gasteiger partial charge in [0.05, 0.1) is 0 Å². The van der Waals surface area contributed by atoms with Crippen LogP contribution in [0.2, 0.25) is 0 Å². The maximum atomic E-state index is 10.3. The highest BCUT2D eigenvalue weighted by molar-refractivity contribution is 5.85. The zero-order valence-electron chi connectivity index (χ0n) is 7.21. The SMILES string of the molecule is CC(=CCNCCCO)C(=O)O. The first-order valence-electron chi connectivity index (χ1n) is 3.90. The first-order chi connectivity index (χ1) is 5.68. The quantitative estimate of drug-likeness (QED) is 0.390. The molecule has 0 unspecified atom stereocenters. The summed E-state index contributed by atoms with van der Waals surface area (Å²) in [7, 11) is 0. The molecule has 0 spiro atoms. The van der Waals surface area contributed by atoms with Crippen molar-refractivity contribution in [3.63, 3.8) is 0 Å². The van der Waals surface area contributed by atoms with Crippen LogP contribution in [0.1, 0.15) is 13.3 Å². The molecule has 0 saturated carbocycles. The minimum absolute atomic E-state index is 0.161. The van der Waals surface area contributed by atoms with E-state index in [1.54, 1.807) is 13.0 Å². The molecule has 0 fully saturated rings. The van der Waals surface area contributed by atoms with E-state index in [1.807, 2.05) is 0 Å². The van der Waals surface area contributed by atoms with Gasteiger partial charge in [-0.15, -0.1) is 0 Å². The van der Waals surface area contributed by atoms with Crippen molar-refractivity contribution in [2.75, 3.05) is 19.7 Å². The fraction of sp³-hybridized carbons (Fsp3) is 0.625. The lowest BCUT2D eigenvalue weighted by atomic mass is 10.3. The third kappa shape index (κ3) is 5.88. The second-order valence-corrected chi connectivity index (χ2v) is 2.47. The molecule has 0 aromatic carbocycles. The van der Waals surface area contributed by atoms with E-state index < -0.39 is 5.97 Å². The van der Waals surface area contributed by atoms with Gasteiger partial charge < -0.3 is 15.5 Å². The number of carboxylic acids is 1. The Kier molecular flexibility index (Phi) is 6.32. The maximum Gasteiger partial charge on any atom is 0.330 e. The molecule has 0 aliphatic heterocycles. The van der Waals surface area contributed by atoms with Crippen molar-refractivity contribution >= 4 is 5.97 Å². The Morgan fingerprint density at radius 3 is 2.75 bits per heavy atom. The number of hydrogen-bond donors (Lipinski definition) is 3. The maximum absolute atomic E-state index is 10.3. The molecule has 12 heavy (non-hydrogen) atoms. The van der Waals surface area contributed by atoms with Crippen LogP contribution in [-0.4, -0.2) is 35.9 Å². The first kappa shape index (κ1) is 11.1. The molecule has 70 valence electrons. The molecule has 0 atom stereocenters. The fourth-order valence-corrected chi connectivity index (χ4v) is 0.619. The predicted molar refractivity (Wildman–Crippen MR) is 46.0 cm³/mol. The van der Waals surface area contributed by atoms with Crippen LogP contribution < -0.4 is 5.32 Å². The largest absolute Gasteiger partial charge is 0.478 e. The van der Waals surface area contributed by atoms with E-state index in [0.29, 0.717) is 25.1 Å². The number of hydrogen-bond acceptors (Lipinski definition) is 3. The van der Waals surface area contributed by atoms with Crippen LogP contribution in [0.15, 0.2) is 11.6 Å². The first-order valence-corrected chi connectivity index (χ1v) is 3.90. The van der Waals surface area contributed by atoms with Crippen molar-refractivity contribution in [2.24, 2.45) is 0 Å². The van der Waals surface area contributed by atoms with Crippen LogP contribution >= 0.6 is 0 Å². The van der Waals surface area contributed by atoms with Gasteiger partial charge in [0.2, 0.25) is 0 Å². The Balaban J connectivity index is 3.40. The van der Waals surface area contributed by atoms with E-state index in [1.165, 1.54) is 0 Å². The number of aliphatic hydroxyl groups is 1. The molecule has 0 aromatic rings. The van der Waals surface area contributed by atoms with E-state index in [0.717, 1.165) is 0 Å². The van der Waals surface area contributed by atoms with E-state index in [-0.39, 0.29) is 6.61 Å². The van der Waals surface area contributed by atoms with Crippen LogP contribution in [-0.2, 0) is 4.79 Å². The molecule has 3 N–H and O–H groups in total. The monoisotopic (exact) mass is 173 g/mol. The number of carbonyl (C=O) groups is 1. The van der Waals surface area contributed by atoms with Gasteiger partial charge in [-0.2, -0.15) is 0 Å². The highest BCUT2D eigenvalue weighted by atomic mass is 16.4. The molecular weight excluding hydrogens is 158 g/mol. The second kappa shape index (κ2) is 6.82. The molecule has 0 amide bonds. The van der Waals surface area contributed by atoms with Crippen LogP contribution in [0, 0.1) is 0 Å². The zero-order chi connectivity index (χ0) is 9.40. The third-order valence-electron chi connectivity index (χ3n) is 1.40. The summed E-state index contributed by atoms with van der Waals surface area (Å²) in [5.41, 5.74) is 0.339. The molecule has 0 saturated heterocycles. The lowest BCUT2D eigenvalue weighted by molar-refractivity contribution is -0.132. The fourth-order valence-electron chi connectivity index (χ4n) is 0.619. The summed E-state index contributed by atoms with van der Waals surface area (Å²) in [6, 6.07) is 0. The molecule has 0 aliphatic rings. The van der Waals surface area contributed by atoms with Crippen LogP contribution in [0.25, 0.3) is 0 Å². The van der Waals surface area contributed by atoms with Gasteiger partial charge in [0.15, 0.2) is 0 Å². The van der Waals surface area contributed by atoms with Gasteiger partial charge in [-0.3, -0.25) is 0 Å². The topological polar surface area (TPSA) is 69.6 Å². The second-order valence-electron chi connectivity index (χ2n) is 2.47. The summed E-state index contributed by atoms with van der Waals surface area (Å²) in [5.74, 6) is -0.890. The lowest BCUT2D eigenvalue weighted by Gasteiger charge is -1.98. The minimum atomic E-state index is -0.890. The summed E-state index contributed by atoms with van der Waals surface area (Å²) in [4.78, 5) is 10.3. The van der Waals surface area contributed by atoms with Gasteiger partial charge in [-0.1, -0.05) is 6.08 Å². The molecule has 4 nitrogen and oxygen atoms in total. The van der Waals surface area contributed by atoms with Crippen molar-refractivity contribution in [2.45, 2.75) is 13.3 Å². The number of aliphatic carboxylic acids is 1. The zero-order valence-corrected chi connectivity index (χ0v) is 7.21. The highest BCUT2D eigenvalue weighted by Crippen LogP contribution is 1.89. The molecule has 0 heterocycles.